The van der Waals surface area contributed by atoms with E-state index in [1.54, 1.807) is 35.9 Å². The number of benzene rings is 1. The molecule has 0 saturated heterocycles. The molecule has 0 spiro atoms. The van der Waals surface area contributed by atoms with Crippen LogP contribution in [0.1, 0.15) is 25.0 Å². The molecule has 23 heavy (non-hydrogen) atoms. The lowest BCUT2D eigenvalue weighted by molar-refractivity contribution is -0.132. The van der Waals surface area contributed by atoms with Crippen molar-refractivity contribution < 1.29 is 14.0 Å². The van der Waals surface area contributed by atoms with E-state index in [4.69, 9.17) is 0 Å². The maximum atomic E-state index is 13.2. The van der Waals surface area contributed by atoms with Gasteiger partial charge in [0.25, 0.3) is 0 Å². The Labute approximate surface area is 137 Å². The lowest BCUT2D eigenvalue weighted by Gasteiger charge is -2.22. The third kappa shape index (κ3) is 6.36. The summed E-state index contributed by atoms with van der Waals surface area (Å²) in [7, 11) is 1.74. The number of halogens is 1. The van der Waals surface area contributed by atoms with Crippen LogP contribution in [0.4, 0.5) is 4.39 Å². The summed E-state index contributed by atoms with van der Waals surface area (Å²) in [5, 5.41) is 2.78. The van der Waals surface area contributed by atoms with Crippen molar-refractivity contribution in [3.05, 3.63) is 35.1 Å². The van der Waals surface area contributed by atoms with Gasteiger partial charge in [0.2, 0.25) is 11.8 Å². The second kappa shape index (κ2) is 9.25. The van der Waals surface area contributed by atoms with Crippen LogP contribution in [0.15, 0.2) is 18.2 Å². The van der Waals surface area contributed by atoms with Gasteiger partial charge in [-0.25, -0.2) is 4.39 Å². The van der Waals surface area contributed by atoms with Crippen LogP contribution in [0.2, 0.25) is 0 Å². The molecule has 1 N–H and O–H groups in total. The highest BCUT2D eigenvalue weighted by Gasteiger charge is 2.14. The maximum absolute atomic E-state index is 13.2. The second-order valence-electron chi connectivity index (χ2n) is 5.60. The summed E-state index contributed by atoms with van der Waals surface area (Å²) in [5.74, 6) is -0.406. The number of carbonyl (C=O) groups is 2. The summed E-state index contributed by atoms with van der Waals surface area (Å²) in [5.41, 5.74) is 1.40. The van der Waals surface area contributed by atoms with Gasteiger partial charge in [0.1, 0.15) is 5.82 Å². The molecule has 1 aromatic rings. The Morgan fingerprint density at radius 2 is 1.83 bits per heavy atom. The topological polar surface area (TPSA) is 52.7 Å². The van der Waals surface area contributed by atoms with Crippen molar-refractivity contribution in [3.63, 3.8) is 0 Å². The third-order valence-electron chi connectivity index (χ3n) is 3.65. The molecule has 0 heterocycles. The van der Waals surface area contributed by atoms with Gasteiger partial charge in [0, 0.05) is 19.6 Å². The van der Waals surface area contributed by atoms with Crippen LogP contribution >= 0.6 is 0 Å². The molecule has 6 heteroatoms. The molecule has 0 atom stereocenters. The van der Waals surface area contributed by atoms with E-state index in [-0.39, 0.29) is 30.7 Å². The second-order valence-corrected chi connectivity index (χ2v) is 5.60. The minimum Gasteiger partial charge on any atom is -0.351 e. The Bertz CT molecular complexity index is 545. The summed E-state index contributed by atoms with van der Waals surface area (Å²) in [4.78, 5) is 27.3. The minimum absolute atomic E-state index is 0.0134. The molecular formula is C17H26FN3O2. The first-order chi connectivity index (χ1) is 10.9. The van der Waals surface area contributed by atoms with E-state index in [9.17, 15) is 14.0 Å². The molecule has 0 aliphatic carbocycles. The van der Waals surface area contributed by atoms with E-state index in [0.29, 0.717) is 25.2 Å². The molecule has 0 aromatic heterocycles. The number of nitrogens with zero attached hydrogens (tertiary/aromatic N) is 2. The number of rotatable bonds is 8. The summed E-state index contributed by atoms with van der Waals surface area (Å²) >= 11 is 0. The normalized spacial score (nSPS) is 10.7. The third-order valence-corrected chi connectivity index (χ3v) is 3.65. The molecule has 0 unspecified atom stereocenters. The van der Waals surface area contributed by atoms with Crippen LogP contribution in [0.3, 0.4) is 0 Å². The first kappa shape index (κ1) is 19.1. The molecule has 0 fully saturated rings. The molecule has 0 saturated carbocycles. The standard InChI is InChI=1S/C17H26FN3O2/c1-5-21(6-2)17(23)12-20(4)11-16(22)19-10-14-7-8-15(18)13(3)9-14/h7-9H,5-6,10-12H2,1-4H3,(H,19,22). The number of likely N-dealkylation sites (N-methyl/N-ethyl adjacent to an activating group) is 2. The maximum Gasteiger partial charge on any atom is 0.236 e. The Balaban J connectivity index is 2.40. The molecule has 0 aliphatic rings. The molecule has 1 aromatic carbocycles. The fraction of sp³-hybridized carbons (Fsp3) is 0.529. The molecule has 0 radical (unpaired) electrons. The van der Waals surface area contributed by atoms with E-state index >= 15 is 0 Å². The van der Waals surface area contributed by atoms with Crippen LogP contribution in [-0.4, -0.2) is 54.8 Å². The Morgan fingerprint density at radius 1 is 1.17 bits per heavy atom. The van der Waals surface area contributed by atoms with Crippen molar-refractivity contribution in [2.75, 3.05) is 33.2 Å². The fourth-order valence-electron chi connectivity index (χ4n) is 2.28. The van der Waals surface area contributed by atoms with E-state index in [2.05, 4.69) is 5.32 Å². The van der Waals surface area contributed by atoms with Gasteiger partial charge in [0.05, 0.1) is 13.1 Å². The predicted octanol–water partition coefficient (Wildman–Crippen LogP) is 1.55. The lowest BCUT2D eigenvalue weighted by atomic mass is 10.1. The van der Waals surface area contributed by atoms with Gasteiger partial charge in [-0.2, -0.15) is 0 Å². The predicted molar refractivity (Wildman–Crippen MR) is 88.4 cm³/mol. The number of hydrogen-bond donors (Lipinski definition) is 1. The highest BCUT2D eigenvalue weighted by Crippen LogP contribution is 2.08. The van der Waals surface area contributed by atoms with Gasteiger partial charge in [-0.3, -0.25) is 14.5 Å². The summed E-state index contributed by atoms with van der Waals surface area (Å²) in [6.07, 6.45) is 0. The van der Waals surface area contributed by atoms with Crippen molar-refractivity contribution in [2.24, 2.45) is 0 Å². The van der Waals surface area contributed by atoms with Gasteiger partial charge >= 0.3 is 0 Å². The number of nitrogens with one attached hydrogen (secondary N) is 1. The molecule has 1 rings (SSSR count). The van der Waals surface area contributed by atoms with Crippen LogP contribution in [-0.2, 0) is 16.1 Å². The molecule has 5 nitrogen and oxygen atoms in total. The smallest absolute Gasteiger partial charge is 0.236 e. The zero-order chi connectivity index (χ0) is 17.4. The first-order valence-corrected chi connectivity index (χ1v) is 7.85. The number of carbonyl (C=O) groups excluding carboxylic acids is 2. The molecule has 2 amide bonds. The van der Waals surface area contributed by atoms with Crippen LogP contribution in [0.25, 0.3) is 0 Å². The fourth-order valence-corrected chi connectivity index (χ4v) is 2.28. The Kier molecular flexibility index (Phi) is 7.68. The van der Waals surface area contributed by atoms with E-state index in [1.807, 2.05) is 13.8 Å². The van der Waals surface area contributed by atoms with Crippen LogP contribution < -0.4 is 5.32 Å². The zero-order valence-electron chi connectivity index (χ0n) is 14.4. The van der Waals surface area contributed by atoms with Gasteiger partial charge in [0.15, 0.2) is 0 Å². The van der Waals surface area contributed by atoms with Crippen LogP contribution in [0.5, 0.6) is 0 Å². The number of hydrogen-bond acceptors (Lipinski definition) is 3. The molecule has 128 valence electrons. The zero-order valence-corrected chi connectivity index (χ0v) is 14.4. The highest BCUT2D eigenvalue weighted by atomic mass is 19.1. The largest absolute Gasteiger partial charge is 0.351 e. The monoisotopic (exact) mass is 323 g/mol. The van der Waals surface area contributed by atoms with Gasteiger partial charge < -0.3 is 10.2 Å². The van der Waals surface area contributed by atoms with Crippen molar-refractivity contribution in [2.45, 2.75) is 27.3 Å². The average molecular weight is 323 g/mol. The summed E-state index contributed by atoms with van der Waals surface area (Å²) < 4.78 is 13.2. The highest BCUT2D eigenvalue weighted by molar-refractivity contribution is 5.81. The molecular weight excluding hydrogens is 297 g/mol. The SMILES string of the molecule is CCN(CC)C(=O)CN(C)CC(=O)NCc1ccc(F)c(C)c1. The molecule has 0 bridgehead atoms. The number of amides is 2. The van der Waals surface area contributed by atoms with Gasteiger partial charge in [-0.1, -0.05) is 12.1 Å². The van der Waals surface area contributed by atoms with E-state index in [1.165, 1.54) is 6.07 Å². The Morgan fingerprint density at radius 3 is 2.39 bits per heavy atom. The summed E-state index contributed by atoms with van der Waals surface area (Å²) in [6.45, 7) is 7.58. The van der Waals surface area contributed by atoms with E-state index < -0.39 is 0 Å². The van der Waals surface area contributed by atoms with Crippen molar-refractivity contribution in [1.82, 2.24) is 15.1 Å². The van der Waals surface area contributed by atoms with Gasteiger partial charge in [-0.15, -0.1) is 0 Å². The van der Waals surface area contributed by atoms with Gasteiger partial charge in [-0.05, 0) is 45.0 Å². The lowest BCUT2D eigenvalue weighted by Crippen LogP contribution is -2.42. The summed E-state index contributed by atoms with van der Waals surface area (Å²) in [6, 6.07) is 4.76. The average Bonchev–Trinajstić information content (AvgIpc) is 2.49. The number of aryl methyl sites for hydroxylation is 1. The minimum atomic E-state index is -0.255. The first-order valence-electron chi connectivity index (χ1n) is 7.85. The van der Waals surface area contributed by atoms with Crippen LogP contribution in [0, 0.1) is 12.7 Å². The Hall–Kier alpha value is -1.95. The van der Waals surface area contributed by atoms with Crippen molar-refractivity contribution in [3.8, 4) is 0 Å². The van der Waals surface area contributed by atoms with E-state index in [0.717, 1.165) is 5.56 Å². The van der Waals surface area contributed by atoms with Crippen molar-refractivity contribution in [1.29, 1.82) is 0 Å². The van der Waals surface area contributed by atoms with Crippen molar-refractivity contribution >= 4 is 11.8 Å². The quantitative estimate of drug-likeness (QED) is 0.790. The molecule has 0 aliphatic heterocycles.